The summed E-state index contributed by atoms with van der Waals surface area (Å²) in [6.45, 7) is 2.40. The first kappa shape index (κ1) is 12.7. The van der Waals surface area contributed by atoms with Crippen molar-refractivity contribution in [1.29, 1.82) is 0 Å². The number of hydrogen-bond acceptors (Lipinski definition) is 5. The standard InChI is InChI=1S/C11H11NO5/c1-6(13)12-8-3-4-9(10(15)5-8)11(16)17-7(2)14/h3-5,15H,1-2H3,(H,12,13). The van der Waals surface area contributed by atoms with Crippen molar-refractivity contribution >= 4 is 23.5 Å². The van der Waals surface area contributed by atoms with Crippen LogP contribution in [0, 0.1) is 0 Å². The molecule has 1 aromatic carbocycles. The van der Waals surface area contributed by atoms with Crippen LogP contribution in [0.2, 0.25) is 0 Å². The number of rotatable bonds is 2. The summed E-state index contributed by atoms with van der Waals surface area (Å²) in [6, 6.07) is 3.86. The number of benzene rings is 1. The van der Waals surface area contributed by atoms with Crippen molar-refractivity contribution in [1.82, 2.24) is 0 Å². The average molecular weight is 237 g/mol. The molecule has 0 aliphatic rings. The Morgan fingerprint density at radius 2 is 1.88 bits per heavy atom. The van der Waals surface area contributed by atoms with Crippen LogP contribution in [0.15, 0.2) is 18.2 Å². The number of esters is 2. The lowest BCUT2D eigenvalue weighted by atomic mass is 10.2. The Balaban J connectivity index is 2.93. The van der Waals surface area contributed by atoms with E-state index >= 15 is 0 Å². The first-order valence-corrected chi connectivity index (χ1v) is 4.73. The highest BCUT2D eigenvalue weighted by atomic mass is 16.6. The van der Waals surface area contributed by atoms with Gasteiger partial charge >= 0.3 is 11.9 Å². The molecule has 17 heavy (non-hydrogen) atoms. The summed E-state index contributed by atoms with van der Waals surface area (Å²) in [5.74, 6) is -2.38. The van der Waals surface area contributed by atoms with E-state index in [9.17, 15) is 19.5 Å². The molecule has 1 rings (SSSR count). The molecule has 1 amide bonds. The molecule has 2 N–H and O–H groups in total. The summed E-state index contributed by atoms with van der Waals surface area (Å²) in [5, 5.41) is 12.0. The van der Waals surface area contributed by atoms with E-state index in [2.05, 4.69) is 10.1 Å². The van der Waals surface area contributed by atoms with Crippen molar-refractivity contribution in [3.05, 3.63) is 23.8 Å². The number of phenolic OH excluding ortho intramolecular Hbond substituents is 1. The number of carbonyl (C=O) groups excluding carboxylic acids is 3. The van der Waals surface area contributed by atoms with Crippen LogP contribution in [-0.4, -0.2) is 23.0 Å². The fraction of sp³-hybridized carbons (Fsp3) is 0.182. The Hall–Kier alpha value is -2.37. The molecular weight excluding hydrogens is 226 g/mol. The first-order chi connectivity index (χ1) is 7.90. The number of nitrogens with one attached hydrogen (secondary N) is 1. The smallest absolute Gasteiger partial charge is 0.349 e. The Bertz CT molecular complexity index is 481. The topological polar surface area (TPSA) is 92.7 Å². The lowest BCUT2D eigenvalue weighted by Gasteiger charge is -2.06. The van der Waals surface area contributed by atoms with Crippen molar-refractivity contribution < 1.29 is 24.2 Å². The van der Waals surface area contributed by atoms with Crippen molar-refractivity contribution in [3.63, 3.8) is 0 Å². The van der Waals surface area contributed by atoms with E-state index in [0.29, 0.717) is 5.69 Å². The van der Waals surface area contributed by atoms with E-state index in [-0.39, 0.29) is 17.2 Å². The number of aromatic hydroxyl groups is 1. The fourth-order valence-electron chi connectivity index (χ4n) is 1.17. The number of carbonyl (C=O) groups is 3. The van der Waals surface area contributed by atoms with Gasteiger partial charge in [-0.15, -0.1) is 0 Å². The minimum atomic E-state index is -0.940. The van der Waals surface area contributed by atoms with Gasteiger partial charge in [0.25, 0.3) is 0 Å². The van der Waals surface area contributed by atoms with E-state index in [0.717, 1.165) is 6.92 Å². The van der Waals surface area contributed by atoms with Crippen molar-refractivity contribution in [2.45, 2.75) is 13.8 Å². The van der Waals surface area contributed by atoms with Crippen molar-refractivity contribution in [2.75, 3.05) is 5.32 Å². The SMILES string of the molecule is CC(=O)Nc1ccc(C(=O)OC(C)=O)c(O)c1. The van der Waals surface area contributed by atoms with Gasteiger partial charge in [-0.25, -0.2) is 4.79 Å². The second kappa shape index (κ2) is 5.11. The molecule has 0 heterocycles. The normalized spacial score (nSPS) is 9.53. The van der Waals surface area contributed by atoms with E-state index < -0.39 is 11.9 Å². The summed E-state index contributed by atoms with van der Waals surface area (Å²) < 4.78 is 4.31. The quantitative estimate of drug-likeness (QED) is 0.592. The lowest BCUT2D eigenvalue weighted by molar-refractivity contribution is -0.135. The van der Waals surface area contributed by atoms with Crippen LogP contribution in [0.4, 0.5) is 5.69 Å². The molecule has 1 aromatic rings. The Kier molecular flexibility index (Phi) is 3.82. The molecule has 6 heteroatoms. The second-order valence-corrected chi connectivity index (χ2v) is 3.29. The van der Waals surface area contributed by atoms with E-state index in [1.807, 2.05) is 0 Å². The van der Waals surface area contributed by atoms with Crippen LogP contribution in [0.3, 0.4) is 0 Å². The van der Waals surface area contributed by atoms with E-state index in [1.165, 1.54) is 25.1 Å². The summed E-state index contributed by atoms with van der Waals surface area (Å²) in [7, 11) is 0. The summed E-state index contributed by atoms with van der Waals surface area (Å²) >= 11 is 0. The van der Waals surface area contributed by atoms with Crippen molar-refractivity contribution in [2.24, 2.45) is 0 Å². The molecule has 90 valence electrons. The number of amides is 1. The molecule has 6 nitrogen and oxygen atoms in total. The van der Waals surface area contributed by atoms with Gasteiger partial charge in [0.15, 0.2) is 0 Å². The van der Waals surface area contributed by atoms with Gasteiger partial charge in [0.05, 0.1) is 0 Å². The second-order valence-electron chi connectivity index (χ2n) is 3.29. The summed E-state index contributed by atoms with van der Waals surface area (Å²) in [6.07, 6.45) is 0. The largest absolute Gasteiger partial charge is 0.507 e. The molecule has 0 saturated carbocycles. The van der Waals surface area contributed by atoms with Gasteiger partial charge in [0.1, 0.15) is 11.3 Å². The van der Waals surface area contributed by atoms with Gasteiger partial charge in [0, 0.05) is 25.6 Å². The molecule has 0 bridgehead atoms. The molecule has 0 aliphatic heterocycles. The highest BCUT2D eigenvalue weighted by Crippen LogP contribution is 2.22. The molecule has 0 spiro atoms. The summed E-state index contributed by atoms with van der Waals surface area (Å²) in [5.41, 5.74) is 0.198. The predicted octanol–water partition coefficient (Wildman–Crippen LogP) is 1.05. The zero-order valence-corrected chi connectivity index (χ0v) is 9.31. The zero-order chi connectivity index (χ0) is 13.0. The van der Waals surface area contributed by atoms with Gasteiger partial charge in [-0.3, -0.25) is 9.59 Å². The van der Waals surface area contributed by atoms with Crippen LogP contribution >= 0.6 is 0 Å². The first-order valence-electron chi connectivity index (χ1n) is 4.73. The van der Waals surface area contributed by atoms with Crippen LogP contribution in [-0.2, 0) is 14.3 Å². The van der Waals surface area contributed by atoms with Gasteiger partial charge in [-0.05, 0) is 12.1 Å². The molecule has 0 unspecified atom stereocenters. The highest BCUT2D eigenvalue weighted by molar-refractivity contribution is 5.99. The highest BCUT2D eigenvalue weighted by Gasteiger charge is 2.15. The monoisotopic (exact) mass is 237 g/mol. The van der Waals surface area contributed by atoms with E-state index in [4.69, 9.17) is 0 Å². The van der Waals surface area contributed by atoms with Gasteiger partial charge in [0.2, 0.25) is 5.91 Å². The minimum Gasteiger partial charge on any atom is -0.507 e. The van der Waals surface area contributed by atoms with Gasteiger partial charge < -0.3 is 15.2 Å². The Morgan fingerprint density at radius 1 is 1.24 bits per heavy atom. The van der Waals surface area contributed by atoms with Gasteiger partial charge in [-0.2, -0.15) is 0 Å². The van der Waals surface area contributed by atoms with Crippen LogP contribution in [0.25, 0.3) is 0 Å². The third kappa shape index (κ3) is 3.60. The predicted molar refractivity (Wildman–Crippen MR) is 58.5 cm³/mol. The summed E-state index contributed by atoms with van der Waals surface area (Å²) in [4.78, 5) is 32.6. The third-order valence-electron chi connectivity index (χ3n) is 1.77. The van der Waals surface area contributed by atoms with Gasteiger partial charge in [-0.1, -0.05) is 0 Å². The molecule has 0 aliphatic carbocycles. The molecular formula is C11H11NO5. The molecule has 0 aromatic heterocycles. The van der Waals surface area contributed by atoms with Crippen LogP contribution in [0.1, 0.15) is 24.2 Å². The number of anilines is 1. The Labute approximate surface area is 97.2 Å². The maximum absolute atomic E-state index is 11.3. The average Bonchev–Trinajstić information content (AvgIpc) is 2.14. The van der Waals surface area contributed by atoms with Crippen LogP contribution in [0.5, 0.6) is 5.75 Å². The lowest BCUT2D eigenvalue weighted by Crippen LogP contribution is -2.10. The number of hydrogen-bond donors (Lipinski definition) is 2. The molecule has 0 fully saturated rings. The number of ether oxygens (including phenoxy) is 1. The number of phenols is 1. The maximum atomic E-state index is 11.3. The van der Waals surface area contributed by atoms with E-state index in [1.54, 1.807) is 0 Å². The minimum absolute atomic E-state index is 0.144. The fourth-order valence-corrected chi connectivity index (χ4v) is 1.17. The molecule has 0 radical (unpaired) electrons. The third-order valence-corrected chi connectivity index (χ3v) is 1.77. The van der Waals surface area contributed by atoms with Crippen molar-refractivity contribution in [3.8, 4) is 5.75 Å². The molecule has 0 atom stereocenters. The Morgan fingerprint density at radius 3 is 2.35 bits per heavy atom. The van der Waals surface area contributed by atoms with Crippen LogP contribution < -0.4 is 5.32 Å². The zero-order valence-electron chi connectivity index (χ0n) is 9.31. The maximum Gasteiger partial charge on any atom is 0.349 e. The molecule has 0 saturated heterocycles.